The molecule has 0 saturated carbocycles. The van der Waals surface area contributed by atoms with E-state index in [9.17, 15) is 9.59 Å². The molecular formula is C20H18N2O4. The van der Waals surface area contributed by atoms with Crippen LogP contribution in [0.15, 0.2) is 48.7 Å². The van der Waals surface area contributed by atoms with Crippen molar-refractivity contribution in [3.63, 3.8) is 0 Å². The molecule has 2 amide bonds. The molecule has 132 valence electrons. The lowest BCUT2D eigenvalue weighted by molar-refractivity contribution is -0.124. The van der Waals surface area contributed by atoms with E-state index in [2.05, 4.69) is 4.98 Å². The van der Waals surface area contributed by atoms with Gasteiger partial charge in [0.2, 0.25) is 11.8 Å². The fourth-order valence-corrected chi connectivity index (χ4v) is 4.32. The van der Waals surface area contributed by atoms with E-state index in [0.717, 1.165) is 18.4 Å². The molecule has 6 nitrogen and oxygen atoms in total. The molecule has 3 saturated heterocycles. The van der Waals surface area contributed by atoms with Gasteiger partial charge in [-0.2, -0.15) is 0 Å². The van der Waals surface area contributed by atoms with Crippen molar-refractivity contribution in [3.8, 4) is 5.75 Å². The molecule has 0 N–H and O–H groups in total. The van der Waals surface area contributed by atoms with Gasteiger partial charge < -0.3 is 9.47 Å². The average Bonchev–Trinajstić information content (AvgIpc) is 3.35. The monoisotopic (exact) mass is 350 g/mol. The molecule has 3 fully saturated rings. The number of imide groups is 1. The van der Waals surface area contributed by atoms with Crippen molar-refractivity contribution in [2.24, 2.45) is 11.8 Å². The molecule has 2 bridgehead atoms. The summed E-state index contributed by atoms with van der Waals surface area (Å²) in [6.07, 6.45) is 2.99. The lowest BCUT2D eigenvalue weighted by atomic mass is 9.81. The number of pyridine rings is 1. The summed E-state index contributed by atoms with van der Waals surface area (Å²) in [5.74, 6) is -0.445. The van der Waals surface area contributed by atoms with Crippen LogP contribution in [0.25, 0.3) is 0 Å². The van der Waals surface area contributed by atoms with Crippen LogP contribution in [0.4, 0.5) is 5.82 Å². The van der Waals surface area contributed by atoms with Gasteiger partial charge >= 0.3 is 0 Å². The van der Waals surface area contributed by atoms with Gasteiger partial charge in [0.1, 0.15) is 6.61 Å². The molecule has 3 aliphatic heterocycles. The van der Waals surface area contributed by atoms with Crippen LogP contribution < -0.4 is 9.64 Å². The molecule has 0 radical (unpaired) electrons. The number of rotatable bonds is 4. The van der Waals surface area contributed by atoms with Crippen molar-refractivity contribution >= 4 is 17.6 Å². The highest BCUT2D eigenvalue weighted by Gasteiger charge is 2.63. The quantitative estimate of drug-likeness (QED) is 0.792. The number of ether oxygens (including phenoxy) is 2. The zero-order chi connectivity index (χ0) is 17.7. The van der Waals surface area contributed by atoms with E-state index in [-0.39, 0.29) is 41.7 Å². The van der Waals surface area contributed by atoms with Gasteiger partial charge in [-0.25, -0.2) is 9.88 Å². The largest absolute Gasteiger partial charge is 0.485 e. The van der Waals surface area contributed by atoms with Crippen LogP contribution in [0.3, 0.4) is 0 Å². The second kappa shape index (κ2) is 5.92. The van der Waals surface area contributed by atoms with Crippen molar-refractivity contribution < 1.29 is 19.1 Å². The molecule has 26 heavy (non-hydrogen) atoms. The Hall–Kier alpha value is -2.73. The van der Waals surface area contributed by atoms with Gasteiger partial charge in [0.05, 0.1) is 24.0 Å². The molecule has 2 unspecified atom stereocenters. The number of amides is 2. The number of fused-ring (bicyclic) bond motifs is 5. The highest BCUT2D eigenvalue weighted by Crippen LogP contribution is 2.50. The number of hydrogen-bond acceptors (Lipinski definition) is 5. The first kappa shape index (κ1) is 15.5. The molecule has 1 aromatic carbocycles. The maximum atomic E-state index is 12.9. The highest BCUT2D eigenvalue weighted by atomic mass is 16.5. The number of carbonyl (C=O) groups is 2. The summed E-state index contributed by atoms with van der Waals surface area (Å²) in [6, 6.07) is 13.2. The molecule has 1 aromatic heterocycles. The second-order valence-corrected chi connectivity index (χ2v) is 6.95. The fourth-order valence-electron chi connectivity index (χ4n) is 4.32. The highest BCUT2D eigenvalue weighted by molar-refractivity contribution is 6.22. The first-order valence-corrected chi connectivity index (χ1v) is 8.89. The van der Waals surface area contributed by atoms with E-state index in [1.54, 1.807) is 18.3 Å². The van der Waals surface area contributed by atoms with Crippen LogP contribution in [-0.2, 0) is 20.9 Å². The Bertz CT molecular complexity index is 841. The summed E-state index contributed by atoms with van der Waals surface area (Å²) >= 11 is 0. The number of benzene rings is 1. The molecule has 4 atom stereocenters. The number of nitrogens with zero attached hydrogens (tertiary/aromatic N) is 2. The number of aromatic nitrogens is 1. The summed E-state index contributed by atoms with van der Waals surface area (Å²) in [4.78, 5) is 31.4. The Kier molecular flexibility index (Phi) is 3.53. The van der Waals surface area contributed by atoms with Crippen LogP contribution in [0.1, 0.15) is 18.4 Å². The SMILES string of the molecule is O=C1C2C(C(=O)N1c1ncccc1OCc1ccccc1)[C@H]1CC[C@@H]2O1. The van der Waals surface area contributed by atoms with Crippen LogP contribution in [0, 0.1) is 11.8 Å². The molecule has 4 heterocycles. The Morgan fingerprint density at radius 2 is 1.69 bits per heavy atom. The maximum Gasteiger partial charge on any atom is 0.241 e. The number of hydrogen-bond donors (Lipinski definition) is 0. The van der Waals surface area contributed by atoms with Crippen LogP contribution in [0.2, 0.25) is 0 Å². The van der Waals surface area contributed by atoms with Crippen molar-refractivity contribution in [2.45, 2.75) is 31.7 Å². The van der Waals surface area contributed by atoms with Gasteiger partial charge in [0.25, 0.3) is 0 Å². The fraction of sp³-hybridized carbons (Fsp3) is 0.350. The summed E-state index contributed by atoms with van der Waals surface area (Å²) in [5, 5.41) is 0. The predicted octanol–water partition coefficient (Wildman–Crippen LogP) is 2.33. The minimum atomic E-state index is -0.370. The zero-order valence-electron chi connectivity index (χ0n) is 14.1. The van der Waals surface area contributed by atoms with Gasteiger partial charge in [0, 0.05) is 6.20 Å². The zero-order valence-corrected chi connectivity index (χ0v) is 14.1. The van der Waals surface area contributed by atoms with E-state index in [1.165, 1.54) is 4.90 Å². The van der Waals surface area contributed by atoms with Gasteiger partial charge in [-0.3, -0.25) is 9.59 Å². The van der Waals surface area contributed by atoms with Gasteiger partial charge in [-0.1, -0.05) is 30.3 Å². The van der Waals surface area contributed by atoms with E-state index in [1.807, 2.05) is 30.3 Å². The lowest BCUT2D eigenvalue weighted by Gasteiger charge is -2.19. The Labute approximate surface area is 150 Å². The first-order chi connectivity index (χ1) is 12.7. The molecule has 0 aliphatic carbocycles. The lowest BCUT2D eigenvalue weighted by Crippen LogP contribution is -2.35. The molecule has 6 heteroatoms. The average molecular weight is 350 g/mol. The minimum absolute atomic E-state index is 0.135. The molecule has 3 aliphatic rings. The van der Waals surface area contributed by atoms with Gasteiger partial charge in [-0.15, -0.1) is 0 Å². The third kappa shape index (κ3) is 2.25. The van der Waals surface area contributed by atoms with Gasteiger partial charge in [-0.05, 0) is 30.5 Å². The maximum absolute atomic E-state index is 12.9. The molecule has 2 aromatic rings. The van der Waals surface area contributed by atoms with Crippen LogP contribution >= 0.6 is 0 Å². The predicted molar refractivity (Wildman–Crippen MR) is 92.4 cm³/mol. The third-order valence-electron chi connectivity index (χ3n) is 5.48. The van der Waals surface area contributed by atoms with Crippen molar-refractivity contribution in [3.05, 3.63) is 54.2 Å². The van der Waals surface area contributed by atoms with Crippen molar-refractivity contribution in [1.29, 1.82) is 0 Å². The summed E-state index contributed by atoms with van der Waals surface area (Å²) < 4.78 is 11.7. The Balaban J connectivity index is 1.44. The Morgan fingerprint density at radius 3 is 2.38 bits per heavy atom. The van der Waals surface area contributed by atoms with Crippen molar-refractivity contribution in [2.75, 3.05) is 4.90 Å². The van der Waals surface area contributed by atoms with E-state index in [4.69, 9.17) is 9.47 Å². The van der Waals surface area contributed by atoms with Crippen LogP contribution in [0.5, 0.6) is 5.75 Å². The first-order valence-electron chi connectivity index (χ1n) is 8.89. The molecule has 0 spiro atoms. The second-order valence-electron chi connectivity index (χ2n) is 6.95. The normalized spacial score (nSPS) is 29.3. The van der Waals surface area contributed by atoms with Crippen LogP contribution in [-0.4, -0.2) is 29.0 Å². The number of anilines is 1. The minimum Gasteiger partial charge on any atom is -0.485 e. The van der Waals surface area contributed by atoms with Crippen molar-refractivity contribution in [1.82, 2.24) is 4.98 Å². The van der Waals surface area contributed by atoms with E-state index in [0.29, 0.717) is 12.4 Å². The van der Waals surface area contributed by atoms with E-state index < -0.39 is 0 Å². The third-order valence-corrected chi connectivity index (χ3v) is 5.48. The summed E-state index contributed by atoms with van der Waals surface area (Å²) in [7, 11) is 0. The standard InChI is InChI=1S/C20H18N2O4/c23-19-16-13-8-9-14(26-13)17(16)20(24)22(19)18-15(7-4-10-21-18)25-11-12-5-2-1-3-6-12/h1-7,10,13-14,16-17H,8-9,11H2/t13-,14+,16?,17?. The van der Waals surface area contributed by atoms with Gasteiger partial charge in [0.15, 0.2) is 11.6 Å². The Morgan fingerprint density at radius 1 is 1.00 bits per heavy atom. The molecular weight excluding hydrogens is 332 g/mol. The summed E-state index contributed by atoms with van der Waals surface area (Å²) in [6.45, 7) is 0.344. The topological polar surface area (TPSA) is 68.7 Å². The molecule has 5 rings (SSSR count). The van der Waals surface area contributed by atoms with E-state index >= 15 is 0 Å². The smallest absolute Gasteiger partial charge is 0.241 e. The number of carbonyl (C=O) groups excluding carboxylic acids is 2. The summed E-state index contributed by atoms with van der Waals surface area (Å²) in [5.41, 5.74) is 1.00.